The maximum absolute atomic E-state index is 11.7. The molecule has 1 heterocycles. The Balaban J connectivity index is 1.66. The Kier molecular flexibility index (Phi) is 4.83. The van der Waals surface area contributed by atoms with Crippen LogP contribution in [0.2, 0.25) is 5.02 Å². The van der Waals surface area contributed by atoms with Crippen molar-refractivity contribution in [2.45, 2.75) is 26.4 Å². The second kappa shape index (κ2) is 6.90. The van der Waals surface area contributed by atoms with Crippen molar-refractivity contribution in [2.24, 2.45) is 0 Å². The van der Waals surface area contributed by atoms with Gasteiger partial charge in [0, 0.05) is 10.7 Å². The third-order valence-electron chi connectivity index (χ3n) is 3.04. The average molecular weight is 377 g/mol. The number of thiazole rings is 1. The molecule has 25 heavy (non-hydrogen) atoms. The highest BCUT2D eigenvalue weighted by molar-refractivity contribution is 7.20. The Morgan fingerprint density at radius 2 is 1.88 bits per heavy atom. The second-order valence-corrected chi connectivity index (χ2v) is 7.77. The molecular formula is C18H17ClN2O3S. The molecule has 0 spiro atoms. The van der Waals surface area contributed by atoms with Crippen molar-refractivity contribution in [1.29, 1.82) is 0 Å². The lowest BCUT2D eigenvalue weighted by molar-refractivity contribution is 0.0636. The van der Waals surface area contributed by atoms with Gasteiger partial charge in [-0.25, -0.2) is 9.78 Å². The van der Waals surface area contributed by atoms with Crippen LogP contribution in [0.3, 0.4) is 0 Å². The van der Waals surface area contributed by atoms with Crippen molar-refractivity contribution in [1.82, 2.24) is 4.98 Å². The summed E-state index contributed by atoms with van der Waals surface area (Å²) in [4.78, 5) is 16.2. The number of nitrogens with zero attached hydrogens (tertiary/aromatic N) is 1. The minimum atomic E-state index is -0.539. The summed E-state index contributed by atoms with van der Waals surface area (Å²) in [6.07, 6.45) is -0.496. The van der Waals surface area contributed by atoms with Crippen molar-refractivity contribution >= 4 is 44.9 Å². The first-order valence-corrected chi connectivity index (χ1v) is 8.82. The van der Waals surface area contributed by atoms with Gasteiger partial charge in [0.2, 0.25) is 0 Å². The van der Waals surface area contributed by atoms with Gasteiger partial charge in [-0.3, -0.25) is 5.32 Å². The molecule has 3 aromatic rings. The maximum Gasteiger partial charge on any atom is 0.412 e. The van der Waals surface area contributed by atoms with Crippen LogP contribution in [0.25, 0.3) is 10.2 Å². The zero-order valence-electron chi connectivity index (χ0n) is 14.0. The van der Waals surface area contributed by atoms with E-state index in [0.29, 0.717) is 21.7 Å². The molecule has 3 rings (SSSR count). The van der Waals surface area contributed by atoms with E-state index in [1.54, 1.807) is 30.3 Å². The number of aromatic nitrogens is 1. The zero-order chi connectivity index (χ0) is 18.0. The van der Waals surface area contributed by atoms with E-state index in [9.17, 15) is 4.79 Å². The molecule has 0 aliphatic carbocycles. The quantitative estimate of drug-likeness (QED) is 0.600. The summed E-state index contributed by atoms with van der Waals surface area (Å²) in [7, 11) is 0. The first-order valence-electron chi connectivity index (χ1n) is 7.62. The van der Waals surface area contributed by atoms with Gasteiger partial charge in [-0.2, -0.15) is 0 Å². The Hall–Kier alpha value is -2.31. The molecule has 1 N–H and O–H groups in total. The molecule has 0 unspecified atom stereocenters. The van der Waals surface area contributed by atoms with E-state index in [2.05, 4.69) is 10.3 Å². The number of ether oxygens (including phenoxy) is 2. The molecule has 1 aromatic heterocycles. The summed E-state index contributed by atoms with van der Waals surface area (Å²) in [6, 6.07) is 12.5. The lowest BCUT2D eigenvalue weighted by Crippen LogP contribution is -2.27. The van der Waals surface area contributed by atoms with Gasteiger partial charge in [0.1, 0.15) is 11.4 Å². The summed E-state index contributed by atoms with van der Waals surface area (Å²) in [5.74, 6) is 0.625. The SMILES string of the molecule is CC(C)(C)OC(=O)Nc1ccc(Oc2nc3ccc(Cl)cc3s2)cc1. The molecule has 2 aromatic carbocycles. The van der Waals surface area contributed by atoms with Gasteiger partial charge in [0.05, 0.1) is 10.2 Å². The van der Waals surface area contributed by atoms with Gasteiger partial charge in [0.25, 0.3) is 5.19 Å². The normalized spacial score (nSPS) is 11.4. The van der Waals surface area contributed by atoms with Crippen molar-refractivity contribution < 1.29 is 14.3 Å². The Morgan fingerprint density at radius 3 is 2.56 bits per heavy atom. The number of rotatable bonds is 3. The van der Waals surface area contributed by atoms with Crippen molar-refractivity contribution in [3.8, 4) is 10.9 Å². The van der Waals surface area contributed by atoms with Crippen LogP contribution in [0.15, 0.2) is 42.5 Å². The van der Waals surface area contributed by atoms with Gasteiger partial charge in [0.15, 0.2) is 0 Å². The molecule has 7 heteroatoms. The molecule has 1 amide bonds. The van der Waals surface area contributed by atoms with Gasteiger partial charge in [-0.15, -0.1) is 0 Å². The van der Waals surface area contributed by atoms with E-state index < -0.39 is 11.7 Å². The lowest BCUT2D eigenvalue weighted by atomic mass is 10.2. The smallest absolute Gasteiger partial charge is 0.412 e. The number of hydrogen-bond donors (Lipinski definition) is 1. The third kappa shape index (κ3) is 4.84. The fourth-order valence-electron chi connectivity index (χ4n) is 2.05. The largest absolute Gasteiger partial charge is 0.444 e. The number of carbonyl (C=O) groups is 1. The van der Waals surface area contributed by atoms with Crippen LogP contribution in [-0.2, 0) is 4.74 Å². The molecule has 130 valence electrons. The highest BCUT2D eigenvalue weighted by atomic mass is 35.5. The number of benzene rings is 2. The van der Waals surface area contributed by atoms with Crippen LogP contribution in [0.1, 0.15) is 20.8 Å². The van der Waals surface area contributed by atoms with Crippen molar-refractivity contribution in [3.63, 3.8) is 0 Å². The fourth-order valence-corrected chi connectivity index (χ4v) is 3.16. The molecule has 5 nitrogen and oxygen atoms in total. The van der Waals surface area contributed by atoms with Crippen LogP contribution < -0.4 is 10.1 Å². The number of anilines is 1. The predicted octanol–water partition coefficient (Wildman–Crippen LogP) is 6.09. The average Bonchev–Trinajstić information content (AvgIpc) is 2.88. The summed E-state index contributed by atoms with van der Waals surface area (Å²) >= 11 is 7.40. The van der Waals surface area contributed by atoms with Crippen LogP contribution >= 0.6 is 22.9 Å². The summed E-state index contributed by atoms with van der Waals surface area (Å²) in [6.45, 7) is 5.44. The number of carbonyl (C=O) groups excluding carboxylic acids is 1. The maximum atomic E-state index is 11.7. The van der Waals surface area contributed by atoms with E-state index in [1.807, 2.05) is 32.9 Å². The highest BCUT2D eigenvalue weighted by Gasteiger charge is 2.16. The molecule has 0 atom stereocenters. The molecule has 0 bridgehead atoms. The number of fused-ring (bicyclic) bond motifs is 1. The van der Waals surface area contributed by atoms with Crippen LogP contribution in [0.5, 0.6) is 10.9 Å². The molecule has 0 radical (unpaired) electrons. The van der Waals surface area contributed by atoms with Gasteiger partial charge in [-0.1, -0.05) is 22.9 Å². The minimum Gasteiger partial charge on any atom is -0.444 e. The second-order valence-electron chi connectivity index (χ2n) is 6.35. The number of amides is 1. The van der Waals surface area contributed by atoms with E-state index in [-0.39, 0.29) is 0 Å². The number of halogens is 1. The van der Waals surface area contributed by atoms with Crippen LogP contribution in [0.4, 0.5) is 10.5 Å². The standard InChI is InChI=1S/C18H17ClN2O3S/c1-18(2,3)24-16(22)20-12-5-7-13(8-6-12)23-17-21-14-9-4-11(19)10-15(14)25-17/h4-10H,1-3H3,(H,20,22). The van der Waals surface area contributed by atoms with E-state index in [0.717, 1.165) is 10.2 Å². The molecule has 0 fully saturated rings. The number of hydrogen-bond acceptors (Lipinski definition) is 5. The van der Waals surface area contributed by atoms with E-state index in [4.69, 9.17) is 21.1 Å². The van der Waals surface area contributed by atoms with Gasteiger partial charge < -0.3 is 9.47 Å². The Labute approximate surface area is 154 Å². The molecular weight excluding hydrogens is 360 g/mol. The zero-order valence-corrected chi connectivity index (χ0v) is 15.6. The third-order valence-corrected chi connectivity index (χ3v) is 4.17. The highest BCUT2D eigenvalue weighted by Crippen LogP contribution is 2.33. The predicted molar refractivity (Wildman–Crippen MR) is 101 cm³/mol. The minimum absolute atomic E-state index is 0.496. The Bertz CT molecular complexity index is 901. The summed E-state index contributed by atoms with van der Waals surface area (Å²) in [5.41, 5.74) is 0.924. The van der Waals surface area contributed by atoms with Crippen molar-refractivity contribution in [3.05, 3.63) is 47.5 Å². The number of nitrogens with one attached hydrogen (secondary N) is 1. The van der Waals surface area contributed by atoms with E-state index >= 15 is 0 Å². The summed E-state index contributed by atoms with van der Waals surface area (Å²) < 4.78 is 11.9. The Morgan fingerprint density at radius 1 is 1.16 bits per heavy atom. The molecule has 0 aliphatic rings. The topological polar surface area (TPSA) is 60.5 Å². The fraction of sp³-hybridized carbons (Fsp3) is 0.222. The first-order chi connectivity index (χ1) is 11.8. The van der Waals surface area contributed by atoms with Gasteiger partial charge >= 0.3 is 6.09 Å². The molecule has 0 aliphatic heterocycles. The van der Waals surface area contributed by atoms with Gasteiger partial charge in [-0.05, 0) is 63.2 Å². The first kappa shape index (κ1) is 17.5. The van der Waals surface area contributed by atoms with Crippen LogP contribution in [0, 0.1) is 0 Å². The van der Waals surface area contributed by atoms with Crippen molar-refractivity contribution in [2.75, 3.05) is 5.32 Å². The summed E-state index contributed by atoms with van der Waals surface area (Å²) in [5, 5.41) is 3.87. The molecule has 0 saturated carbocycles. The van der Waals surface area contributed by atoms with E-state index in [1.165, 1.54) is 11.3 Å². The lowest BCUT2D eigenvalue weighted by Gasteiger charge is -2.19. The van der Waals surface area contributed by atoms with Crippen LogP contribution in [-0.4, -0.2) is 16.7 Å². The molecule has 0 saturated heterocycles. The monoisotopic (exact) mass is 376 g/mol.